The average Bonchev–Trinajstić information content (AvgIpc) is 2.94. The van der Waals surface area contributed by atoms with Gasteiger partial charge in [-0.25, -0.2) is 12.8 Å². The van der Waals surface area contributed by atoms with Gasteiger partial charge in [-0.1, -0.05) is 12.1 Å². The van der Waals surface area contributed by atoms with Crippen molar-refractivity contribution in [3.05, 3.63) is 53.8 Å². The molecule has 3 rings (SSSR count). The standard InChI is InChI=1S/C17H17FN2O4S/c1-24-16-8-7-12(11-15(16)20-9-4-10-25(20,22)23)19-17(21)13-5-2-3-6-14(13)18/h2-3,5-8,11H,4,9-10H2,1H3,(H,19,21). The Hall–Kier alpha value is -2.61. The van der Waals surface area contributed by atoms with Crippen molar-refractivity contribution >= 4 is 27.3 Å². The number of carbonyl (C=O) groups is 1. The molecule has 2 aromatic rings. The van der Waals surface area contributed by atoms with Crippen molar-refractivity contribution in [2.75, 3.05) is 29.0 Å². The molecule has 1 fully saturated rings. The van der Waals surface area contributed by atoms with Gasteiger partial charge in [0.15, 0.2) is 0 Å². The normalized spacial score (nSPS) is 15.8. The third-order valence-electron chi connectivity index (χ3n) is 3.92. The number of benzene rings is 2. The van der Waals surface area contributed by atoms with Gasteiger partial charge in [0.25, 0.3) is 5.91 Å². The third-order valence-corrected chi connectivity index (χ3v) is 5.78. The van der Waals surface area contributed by atoms with Crippen LogP contribution in [0.3, 0.4) is 0 Å². The summed E-state index contributed by atoms with van der Waals surface area (Å²) >= 11 is 0. The Morgan fingerprint density at radius 2 is 2.00 bits per heavy atom. The van der Waals surface area contributed by atoms with Crippen molar-refractivity contribution in [2.24, 2.45) is 0 Å². The van der Waals surface area contributed by atoms with E-state index in [4.69, 9.17) is 4.74 Å². The fourth-order valence-corrected chi connectivity index (χ4v) is 4.28. The summed E-state index contributed by atoms with van der Waals surface area (Å²) in [6, 6.07) is 10.3. The van der Waals surface area contributed by atoms with Crippen LogP contribution in [0.4, 0.5) is 15.8 Å². The van der Waals surface area contributed by atoms with E-state index in [9.17, 15) is 17.6 Å². The van der Waals surface area contributed by atoms with Crippen LogP contribution in [-0.4, -0.2) is 33.7 Å². The molecule has 0 spiro atoms. The Kier molecular flexibility index (Phi) is 4.63. The maximum absolute atomic E-state index is 13.7. The molecule has 1 heterocycles. The van der Waals surface area contributed by atoms with E-state index in [1.165, 1.54) is 35.7 Å². The SMILES string of the molecule is COc1ccc(NC(=O)c2ccccc2F)cc1N1CCCS1(=O)=O. The fraction of sp³-hybridized carbons (Fsp3) is 0.235. The van der Waals surface area contributed by atoms with Crippen molar-refractivity contribution < 1.29 is 22.3 Å². The number of hydrogen-bond acceptors (Lipinski definition) is 4. The lowest BCUT2D eigenvalue weighted by atomic mass is 10.2. The first-order valence-electron chi connectivity index (χ1n) is 7.67. The van der Waals surface area contributed by atoms with E-state index in [1.807, 2.05) is 0 Å². The van der Waals surface area contributed by atoms with Gasteiger partial charge in [-0.15, -0.1) is 0 Å². The van der Waals surface area contributed by atoms with Crippen molar-refractivity contribution in [1.29, 1.82) is 0 Å². The summed E-state index contributed by atoms with van der Waals surface area (Å²) in [5.74, 6) is -0.786. The van der Waals surface area contributed by atoms with Gasteiger partial charge in [0.05, 0.1) is 24.1 Å². The minimum absolute atomic E-state index is 0.0714. The van der Waals surface area contributed by atoms with Crippen molar-refractivity contribution in [1.82, 2.24) is 0 Å². The van der Waals surface area contributed by atoms with Gasteiger partial charge in [-0.05, 0) is 36.8 Å². The number of halogens is 1. The monoisotopic (exact) mass is 364 g/mol. The zero-order valence-electron chi connectivity index (χ0n) is 13.5. The highest BCUT2D eigenvalue weighted by Gasteiger charge is 2.30. The summed E-state index contributed by atoms with van der Waals surface area (Å²) in [5.41, 5.74) is 0.617. The maximum Gasteiger partial charge on any atom is 0.258 e. The largest absolute Gasteiger partial charge is 0.495 e. The van der Waals surface area contributed by atoms with Gasteiger partial charge in [-0.2, -0.15) is 0 Å². The summed E-state index contributed by atoms with van der Waals surface area (Å²) < 4.78 is 44.6. The lowest BCUT2D eigenvalue weighted by Crippen LogP contribution is -2.25. The van der Waals surface area contributed by atoms with Crippen LogP contribution in [0.2, 0.25) is 0 Å². The molecule has 0 aliphatic carbocycles. The van der Waals surface area contributed by atoms with Gasteiger partial charge in [0.2, 0.25) is 10.0 Å². The lowest BCUT2D eigenvalue weighted by Gasteiger charge is -2.20. The van der Waals surface area contributed by atoms with Crippen molar-refractivity contribution in [3.63, 3.8) is 0 Å². The van der Waals surface area contributed by atoms with Gasteiger partial charge in [0, 0.05) is 12.2 Å². The zero-order valence-corrected chi connectivity index (χ0v) is 14.3. The number of amides is 1. The third kappa shape index (κ3) is 3.43. The van der Waals surface area contributed by atoms with E-state index in [0.29, 0.717) is 30.1 Å². The molecule has 8 heteroatoms. The molecule has 0 radical (unpaired) electrons. The Balaban J connectivity index is 1.92. The molecule has 1 N–H and O–H groups in total. The second kappa shape index (κ2) is 6.72. The molecule has 0 aromatic heterocycles. The highest BCUT2D eigenvalue weighted by Crippen LogP contribution is 2.35. The molecule has 6 nitrogen and oxygen atoms in total. The highest BCUT2D eigenvalue weighted by molar-refractivity contribution is 7.93. The molecule has 132 valence electrons. The number of sulfonamides is 1. The second-order valence-electron chi connectivity index (χ2n) is 5.56. The number of nitrogens with one attached hydrogen (secondary N) is 1. The first-order chi connectivity index (χ1) is 11.9. The molecule has 1 amide bonds. The topological polar surface area (TPSA) is 75.7 Å². The van der Waals surface area contributed by atoms with E-state index < -0.39 is 21.7 Å². The molecule has 1 saturated heterocycles. The Morgan fingerprint density at radius 3 is 2.64 bits per heavy atom. The molecule has 25 heavy (non-hydrogen) atoms. The summed E-state index contributed by atoms with van der Waals surface area (Å²) in [6.07, 6.45) is 0.525. The number of hydrogen-bond donors (Lipinski definition) is 1. The van der Waals surface area contributed by atoms with E-state index in [1.54, 1.807) is 18.2 Å². The average molecular weight is 364 g/mol. The van der Waals surface area contributed by atoms with Gasteiger partial charge < -0.3 is 10.1 Å². The molecule has 1 aliphatic heterocycles. The number of carbonyl (C=O) groups excluding carboxylic acids is 1. The molecule has 0 atom stereocenters. The smallest absolute Gasteiger partial charge is 0.258 e. The summed E-state index contributed by atoms with van der Waals surface area (Å²) in [6.45, 7) is 0.351. The fourth-order valence-electron chi connectivity index (χ4n) is 2.72. The van der Waals surface area contributed by atoms with Crippen LogP contribution in [0.15, 0.2) is 42.5 Å². The quantitative estimate of drug-likeness (QED) is 0.905. The Labute approximate surface area is 145 Å². The molecule has 0 unspecified atom stereocenters. The van der Waals surface area contributed by atoms with E-state index >= 15 is 0 Å². The van der Waals surface area contributed by atoms with Crippen LogP contribution in [0.1, 0.15) is 16.8 Å². The highest BCUT2D eigenvalue weighted by atomic mass is 32.2. The molecule has 0 bridgehead atoms. The van der Waals surface area contributed by atoms with Gasteiger partial charge in [0.1, 0.15) is 11.6 Å². The first kappa shape index (κ1) is 17.2. The summed E-state index contributed by atoms with van der Waals surface area (Å²) in [5, 5.41) is 2.59. The van der Waals surface area contributed by atoms with E-state index in [-0.39, 0.29) is 11.3 Å². The van der Waals surface area contributed by atoms with Crippen molar-refractivity contribution in [2.45, 2.75) is 6.42 Å². The van der Waals surface area contributed by atoms with Gasteiger partial charge >= 0.3 is 0 Å². The zero-order chi connectivity index (χ0) is 18.0. The number of nitrogens with zero attached hydrogens (tertiary/aromatic N) is 1. The number of ether oxygens (including phenoxy) is 1. The van der Waals surface area contributed by atoms with Crippen LogP contribution in [0.5, 0.6) is 5.75 Å². The first-order valence-corrected chi connectivity index (χ1v) is 9.27. The van der Waals surface area contributed by atoms with Crippen LogP contribution in [0.25, 0.3) is 0 Å². The van der Waals surface area contributed by atoms with Crippen LogP contribution in [-0.2, 0) is 10.0 Å². The Morgan fingerprint density at radius 1 is 1.24 bits per heavy atom. The minimum Gasteiger partial charge on any atom is -0.495 e. The van der Waals surface area contributed by atoms with Crippen LogP contribution >= 0.6 is 0 Å². The minimum atomic E-state index is -3.40. The molecule has 2 aromatic carbocycles. The molecular formula is C17H17FN2O4S. The number of rotatable bonds is 4. The Bertz CT molecular complexity index is 915. The van der Waals surface area contributed by atoms with E-state index in [2.05, 4.69) is 5.32 Å². The second-order valence-corrected chi connectivity index (χ2v) is 7.58. The van der Waals surface area contributed by atoms with E-state index in [0.717, 1.165) is 0 Å². The predicted octanol–water partition coefficient (Wildman–Crippen LogP) is 2.63. The predicted molar refractivity (Wildman–Crippen MR) is 93.1 cm³/mol. The number of anilines is 2. The maximum atomic E-state index is 13.7. The summed E-state index contributed by atoms with van der Waals surface area (Å²) in [7, 11) is -1.95. The van der Waals surface area contributed by atoms with Crippen LogP contribution in [0, 0.1) is 5.82 Å². The van der Waals surface area contributed by atoms with Crippen molar-refractivity contribution in [3.8, 4) is 5.75 Å². The number of methoxy groups -OCH3 is 1. The van der Waals surface area contributed by atoms with Crippen LogP contribution < -0.4 is 14.4 Å². The molecular weight excluding hydrogens is 347 g/mol. The van der Waals surface area contributed by atoms with Gasteiger partial charge in [-0.3, -0.25) is 9.10 Å². The molecule has 1 aliphatic rings. The summed E-state index contributed by atoms with van der Waals surface area (Å²) in [4.78, 5) is 12.2. The lowest BCUT2D eigenvalue weighted by molar-refractivity contribution is 0.102. The molecule has 0 saturated carbocycles.